The maximum Gasteiger partial charge on any atom is 0.106 e. The van der Waals surface area contributed by atoms with Gasteiger partial charge in [-0.05, 0) is 6.08 Å². The first-order valence-corrected chi connectivity index (χ1v) is 4.24. The summed E-state index contributed by atoms with van der Waals surface area (Å²) in [6.45, 7) is 0. The minimum absolute atomic E-state index is 0.0284. The number of hydrogen-bond acceptors (Lipinski definition) is 1. The second kappa shape index (κ2) is 2.07. The lowest BCUT2D eigenvalue weighted by molar-refractivity contribution is 0.0423. The van der Waals surface area contributed by atoms with Crippen molar-refractivity contribution in [3.05, 3.63) is 36.2 Å². The summed E-state index contributed by atoms with van der Waals surface area (Å²) >= 11 is 0. The molecule has 4 rings (SSSR count). The van der Waals surface area contributed by atoms with Crippen LogP contribution < -0.4 is 0 Å². The molecule has 3 aliphatic heterocycles. The van der Waals surface area contributed by atoms with Crippen LogP contribution in [0.2, 0.25) is 0 Å². The van der Waals surface area contributed by atoms with Crippen molar-refractivity contribution in [2.24, 2.45) is 11.8 Å². The minimum Gasteiger partial charge on any atom is -0.365 e. The molecule has 0 amide bonds. The smallest absolute Gasteiger partial charge is 0.106 e. The first kappa shape index (κ1) is 6.61. The fourth-order valence-corrected chi connectivity index (χ4v) is 2.08. The van der Waals surface area contributed by atoms with E-state index < -0.39 is 0 Å². The van der Waals surface area contributed by atoms with E-state index in [2.05, 4.69) is 0 Å². The predicted molar refractivity (Wildman–Crippen MR) is 43.1 cm³/mol. The molecule has 2 heteroatoms. The second-order valence-electron chi connectivity index (χ2n) is 3.49. The Kier molecular flexibility index (Phi) is 1.14. The van der Waals surface area contributed by atoms with Crippen LogP contribution >= 0.6 is 0 Å². The van der Waals surface area contributed by atoms with Gasteiger partial charge in [-0.15, -0.1) is 0 Å². The molecule has 4 aliphatic rings. The Labute approximate surface area is 70.2 Å². The van der Waals surface area contributed by atoms with E-state index >= 15 is 0 Å². The van der Waals surface area contributed by atoms with E-state index in [9.17, 15) is 4.39 Å². The standard InChI is InChI=1S/C10H9FO/c11-8-5-6-1-2-7(8)10-4-3-9(6)12-10/h1-7,9-10H/t6-,7+,9?,10?/m1/s1. The zero-order chi connectivity index (χ0) is 8.13. The summed E-state index contributed by atoms with van der Waals surface area (Å²) in [5.74, 6) is -0.0747. The second-order valence-corrected chi connectivity index (χ2v) is 3.49. The van der Waals surface area contributed by atoms with E-state index in [0.29, 0.717) is 0 Å². The summed E-state index contributed by atoms with van der Waals surface area (Å²) < 4.78 is 18.9. The Balaban J connectivity index is 2.11. The Morgan fingerprint density at radius 1 is 1.08 bits per heavy atom. The zero-order valence-electron chi connectivity index (χ0n) is 6.48. The van der Waals surface area contributed by atoms with Crippen LogP contribution in [0.5, 0.6) is 0 Å². The lowest BCUT2D eigenvalue weighted by Crippen LogP contribution is -2.17. The van der Waals surface area contributed by atoms with Crippen molar-refractivity contribution in [2.45, 2.75) is 12.2 Å². The molecule has 0 aromatic heterocycles. The molecule has 0 N–H and O–H groups in total. The summed E-state index contributed by atoms with van der Waals surface area (Å²) in [4.78, 5) is 0. The third-order valence-corrected chi connectivity index (χ3v) is 2.75. The van der Waals surface area contributed by atoms with Gasteiger partial charge in [0, 0.05) is 5.92 Å². The molecule has 0 saturated carbocycles. The molecule has 62 valence electrons. The van der Waals surface area contributed by atoms with Gasteiger partial charge in [-0.2, -0.15) is 0 Å². The van der Waals surface area contributed by atoms with Gasteiger partial charge in [0.15, 0.2) is 0 Å². The minimum atomic E-state index is -0.162. The van der Waals surface area contributed by atoms with Gasteiger partial charge in [0.1, 0.15) is 5.83 Å². The molecular weight excluding hydrogens is 155 g/mol. The van der Waals surface area contributed by atoms with E-state index in [1.807, 2.05) is 24.3 Å². The van der Waals surface area contributed by atoms with Gasteiger partial charge in [-0.25, -0.2) is 4.39 Å². The predicted octanol–water partition coefficient (Wildman–Crippen LogP) is 1.98. The van der Waals surface area contributed by atoms with E-state index in [-0.39, 0.29) is 29.9 Å². The third-order valence-electron chi connectivity index (χ3n) is 2.75. The molecule has 0 aromatic carbocycles. The van der Waals surface area contributed by atoms with Crippen LogP contribution in [0.3, 0.4) is 0 Å². The molecule has 0 radical (unpaired) electrons. The molecule has 2 unspecified atom stereocenters. The third kappa shape index (κ3) is 0.707. The Hall–Kier alpha value is -0.890. The van der Waals surface area contributed by atoms with E-state index in [0.717, 1.165) is 0 Å². The van der Waals surface area contributed by atoms with Crippen LogP contribution in [0.15, 0.2) is 36.2 Å². The normalized spacial score (nSPS) is 47.9. The molecule has 12 heavy (non-hydrogen) atoms. The number of hydrogen-bond donors (Lipinski definition) is 0. The Morgan fingerprint density at radius 3 is 2.75 bits per heavy atom. The van der Waals surface area contributed by atoms with Crippen LogP contribution in [0.4, 0.5) is 4.39 Å². The number of ether oxygens (including phenoxy) is 1. The molecule has 3 heterocycles. The SMILES string of the molecule is FC1=C[C@H]2C=C[C@@H]1C1C=CC2O1. The van der Waals surface area contributed by atoms with E-state index in [4.69, 9.17) is 4.74 Å². The van der Waals surface area contributed by atoms with Crippen LogP contribution in [0.1, 0.15) is 0 Å². The van der Waals surface area contributed by atoms with Crippen molar-refractivity contribution < 1.29 is 9.13 Å². The monoisotopic (exact) mass is 164 g/mol. The quantitative estimate of drug-likeness (QED) is 0.497. The van der Waals surface area contributed by atoms with Crippen molar-refractivity contribution in [2.75, 3.05) is 0 Å². The van der Waals surface area contributed by atoms with Gasteiger partial charge in [0.2, 0.25) is 0 Å². The van der Waals surface area contributed by atoms with Gasteiger partial charge in [-0.3, -0.25) is 0 Å². The fraction of sp³-hybridized carbons (Fsp3) is 0.400. The molecule has 0 fully saturated rings. The van der Waals surface area contributed by atoms with Crippen LogP contribution in [0.25, 0.3) is 0 Å². The highest BCUT2D eigenvalue weighted by molar-refractivity contribution is 5.30. The summed E-state index contributed by atoms with van der Waals surface area (Å²) in [7, 11) is 0. The fourth-order valence-electron chi connectivity index (χ4n) is 2.08. The summed E-state index contributed by atoms with van der Waals surface area (Å²) in [5.41, 5.74) is 0. The highest BCUT2D eigenvalue weighted by Crippen LogP contribution is 2.39. The molecule has 4 atom stereocenters. The molecule has 1 nitrogen and oxygen atoms in total. The Morgan fingerprint density at radius 2 is 1.92 bits per heavy atom. The summed E-state index contributed by atoms with van der Waals surface area (Å²) in [5, 5.41) is 0. The number of halogens is 1. The summed E-state index contributed by atoms with van der Waals surface area (Å²) in [6, 6.07) is 0. The van der Waals surface area contributed by atoms with Crippen molar-refractivity contribution in [3.63, 3.8) is 0 Å². The largest absolute Gasteiger partial charge is 0.365 e. The molecule has 0 saturated heterocycles. The van der Waals surface area contributed by atoms with Crippen molar-refractivity contribution in [1.82, 2.24) is 0 Å². The average molecular weight is 164 g/mol. The average Bonchev–Trinajstić information content (AvgIpc) is 2.40. The molecule has 4 bridgehead atoms. The van der Waals surface area contributed by atoms with Crippen molar-refractivity contribution >= 4 is 0 Å². The highest BCUT2D eigenvalue weighted by atomic mass is 19.1. The maximum absolute atomic E-state index is 13.3. The van der Waals surface area contributed by atoms with Crippen molar-refractivity contribution in [1.29, 1.82) is 0 Å². The lowest BCUT2D eigenvalue weighted by Gasteiger charge is -2.16. The molecule has 0 aromatic rings. The molecule has 0 spiro atoms. The first-order valence-electron chi connectivity index (χ1n) is 4.24. The van der Waals surface area contributed by atoms with Gasteiger partial charge < -0.3 is 4.74 Å². The topological polar surface area (TPSA) is 9.23 Å². The zero-order valence-corrected chi connectivity index (χ0v) is 6.48. The van der Waals surface area contributed by atoms with Crippen molar-refractivity contribution in [3.8, 4) is 0 Å². The lowest BCUT2D eigenvalue weighted by atomic mass is 9.88. The molecular formula is C10H9FO. The number of rotatable bonds is 0. The highest BCUT2D eigenvalue weighted by Gasteiger charge is 2.38. The van der Waals surface area contributed by atoms with Crippen LogP contribution in [-0.4, -0.2) is 12.2 Å². The maximum atomic E-state index is 13.3. The Bertz CT molecular complexity index is 303. The molecule has 1 aliphatic carbocycles. The van der Waals surface area contributed by atoms with Gasteiger partial charge >= 0.3 is 0 Å². The first-order chi connectivity index (χ1) is 5.84. The van der Waals surface area contributed by atoms with E-state index in [1.165, 1.54) is 0 Å². The summed E-state index contributed by atoms with van der Waals surface area (Å²) in [6.07, 6.45) is 9.67. The van der Waals surface area contributed by atoms with E-state index in [1.54, 1.807) is 6.08 Å². The van der Waals surface area contributed by atoms with Gasteiger partial charge in [0.25, 0.3) is 0 Å². The van der Waals surface area contributed by atoms with Crippen LogP contribution in [0, 0.1) is 11.8 Å². The van der Waals surface area contributed by atoms with Gasteiger partial charge in [-0.1, -0.05) is 24.3 Å². The van der Waals surface area contributed by atoms with Crippen LogP contribution in [-0.2, 0) is 4.74 Å². The van der Waals surface area contributed by atoms with Gasteiger partial charge in [0.05, 0.1) is 18.1 Å².